The Morgan fingerprint density at radius 1 is 0.429 bits per heavy atom. The zero-order valence-corrected chi connectivity index (χ0v) is 27.3. The molecule has 10 aromatic rings. The first-order chi connectivity index (χ1) is 24.3. The summed E-state index contributed by atoms with van der Waals surface area (Å²) in [5.74, 6) is 0. The van der Waals surface area contributed by atoms with Crippen molar-refractivity contribution in [2.45, 2.75) is 0 Å². The van der Waals surface area contributed by atoms with Gasteiger partial charge in [-0.3, -0.25) is 0 Å². The summed E-state index contributed by atoms with van der Waals surface area (Å²) in [5.41, 5.74) is 9.81. The van der Waals surface area contributed by atoms with Gasteiger partial charge in [-0.1, -0.05) is 133 Å². The number of thiophene rings is 1. The highest BCUT2D eigenvalue weighted by molar-refractivity contribution is 7.26. The first-order valence-corrected chi connectivity index (χ1v) is 17.4. The molecule has 230 valence electrons. The minimum Gasteiger partial charge on any atom is -0.455 e. The van der Waals surface area contributed by atoms with Crippen LogP contribution < -0.4 is 4.90 Å². The molecular formula is C46H29NOS. The Labute approximate surface area is 287 Å². The first kappa shape index (κ1) is 27.9. The van der Waals surface area contributed by atoms with Crippen molar-refractivity contribution in [3.05, 3.63) is 176 Å². The summed E-state index contributed by atoms with van der Waals surface area (Å²) in [7, 11) is 0. The summed E-state index contributed by atoms with van der Waals surface area (Å²) in [5, 5.41) is 7.39. The second kappa shape index (κ2) is 11.2. The molecule has 0 N–H and O–H groups in total. The molecule has 0 spiro atoms. The van der Waals surface area contributed by atoms with Crippen LogP contribution >= 0.6 is 11.3 Å². The van der Waals surface area contributed by atoms with Gasteiger partial charge in [0.2, 0.25) is 0 Å². The maximum atomic E-state index is 6.42. The van der Waals surface area contributed by atoms with E-state index in [-0.39, 0.29) is 0 Å². The molecule has 8 aromatic carbocycles. The van der Waals surface area contributed by atoms with Gasteiger partial charge in [-0.05, 0) is 64.4 Å². The molecule has 2 aromatic heterocycles. The standard InChI is InChI=1S/C46H29NOS/c1-2-12-30(13-3-1)35-16-6-8-21-41(35)47(42-22-11-20-39-40-28-32-14-4-5-15-33(32)29-44(40)49-46(39)42)34-26-24-31(25-27-34)36-18-10-19-38-37-17-7-9-23-43(37)48-45(36)38/h1-29H. The highest BCUT2D eigenvalue weighted by Crippen LogP contribution is 2.48. The van der Waals surface area contributed by atoms with Crippen LogP contribution in [0.25, 0.3) is 75.1 Å². The number of hydrogen-bond donors (Lipinski definition) is 0. The van der Waals surface area contributed by atoms with Gasteiger partial charge in [0.25, 0.3) is 0 Å². The summed E-state index contributed by atoms with van der Waals surface area (Å²) in [4.78, 5) is 2.44. The van der Waals surface area contributed by atoms with Crippen molar-refractivity contribution in [1.29, 1.82) is 0 Å². The van der Waals surface area contributed by atoms with E-state index in [4.69, 9.17) is 4.42 Å². The van der Waals surface area contributed by atoms with E-state index >= 15 is 0 Å². The second-order valence-corrected chi connectivity index (χ2v) is 13.5. The van der Waals surface area contributed by atoms with Gasteiger partial charge in [0.15, 0.2) is 0 Å². The van der Waals surface area contributed by atoms with Crippen molar-refractivity contribution in [3.63, 3.8) is 0 Å². The third-order valence-electron chi connectivity index (χ3n) is 9.66. The maximum Gasteiger partial charge on any atom is 0.143 e. The van der Waals surface area contributed by atoms with E-state index < -0.39 is 0 Å². The van der Waals surface area contributed by atoms with Crippen molar-refractivity contribution in [3.8, 4) is 22.3 Å². The number of nitrogens with zero attached hydrogens (tertiary/aromatic N) is 1. The van der Waals surface area contributed by atoms with Crippen LogP contribution in [0.4, 0.5) is 17.1 Å². The smallest absolute Gasteiger partial charge is 0.143 e. The molecular weight excluding hydrogens is 615 g/mol. The number of para-hydroxylation sites is 3. The third-order valence-corrected chi connectivity index (χ3v) is 10.8. The van der Waals surface area contributed by atoms with Crippen LogP contribution in [0.2, 0.25) is 0 Å². The molecule has 10 rings (SSSR count). The zero-order chi connectivity index (χ0) is 32.3. The monoisotopic (exact) mass is 643 g/mol. The van der Waals surface area contributed by atoms with E-state index in [1.807, 2.05) is 23.5 Å². The highest BCUT2D eigenvalue weighted by atomic mass is 32.1. The Balaban J connectivity index is 1.19. The van der Waals surface area contributed by atoms with Crippen LogP contribution in [0.15, 0.2) is 180 Å². The Morgan fingerprint density at radius 3 is 1.94 bits per heavy atom. The molecule has 2 heterocycles. The lowest BCUT2D eigenvalue weighted by Gasteiger charge is -2.28. The molecule has 3 heteroatoms. The Bertz CT molecular complexity index is 2830. The summed E-state index contributed by atoms with van der Waals surface area (Å²) < 4.78 is 8.98. The van der Waals surface area contributed by atoms with Gasteiger partial charge in [0, 0.05) is 43.1 Å². The van der Waals surface area contributed by atoms with Gasteiger partial charge < -0.3 is 9.32 Å². The molecule has 0 unspecified atom stereocenters. The fourth-order valence-corrected chi connectivity index (χ4v) is 8.58. The summed E-state index contributed by atoms with van der Waals surface area (Å²) in [6.07, 6.45) is 0. The molecule has 0 aliphatic carbocycles. The molecule has 0 saturated heterocycles. The van der Waals surface area contributed by atoms with Crippen molar-refractivity contribution < 1.29 is 4.42 Å². The van der Waals surface area contributed by atoms with Gasteiger partial charge in [-0.25, -0.2) is 0 Å². The van der Waals surface area contributed by atoms with E-state index in [2.05, 4.69) is 169 Å². The highest BCUT2D eigenvalue weighted by Gasteiger charge is 2.21. The predicted octanol–water partition coefficient (Wildman–Crippen LogP) is 13.9. The first-order valence-electron chi connectivity index (χ1n) is 16.6. The fraction of sp³-hybridized carbons (Fsp3) is 0. The molecule has 0 aliphatic rings. The quantitative estimate of drug-likeness (QED) is 0.186. The molecule has 49 heavy (non-hydrogen) atoms. The van der Waals surface area contributed by atoms with Crippen LogP contribution in [0.5, 0.6) is 0 Å². The zero-order valence-electron chi connectivity index (χ0n) is 26.5. The predicted molar refractivity (Wildman–Crippen MR) is 210 cm³/mol. The molecule has 0 bridgehead atoms. The second-order valence-electron chi connectivity index (χ2n) is 12.5. The van der Waals surface area contributed by atoms with Crippen molar-refractivity contribution >= 4 is 81.3 Å². The van der Waals surface area contributed by atoms with Crippen LogP contribution in [-0.2, 0) is 0 Å². The SMILES string of the molecule is c1ccc(-c2ccccc2N(c2ccc(-c3cccc4c3oc3ccccc34)cc2)c2cccc3c2sc2cc4ccccc4cc23)cc1. The maximum absolute atomic E-state index is 6.42. The fourth-order valence-electron chi connectivity index (χ4n) is 7.35. The Hall–Kier alpha value is -6.16. The van der Waals surface area contributed by atoms with Crippen molar-refractivity contribution in [2.75, 3.05) is 4.90 Å². The Morgan fingerprint density at radius 2 is 1.06 bits per heavy atom. The average Bonchev–Trinajstić information content (AvgIpc) is 3.73. The molecule has 0 aliphatic heterocycles. The molecule has 0 radical (unpaired) electrons. The van der Waals surface area contributed by atoms with E-state index in [1.165, 1.54) is 47.8 Å². The summed E-state index contributed by atoms with van der Waals surface area (Å²) in [6.45, 7) is 0. The lowest BCUT2D eigenvalue weighted by molar-refractivity contribution is 0.670. The van der Waals surface area contributed by atoms with Gasteiger partial charge >= 0.3 is 0 Å². The Kier molecular flexibility index (Phi) is 6.39. The van der Waals surface area contributed by atoms with Gasteiger partial charge in [0.1, 0.15) is 11.2 Å². The van der Waals surface area contributed by atoms with E-state index in [9.17, 15) is 0 Å². The number of furan rings is 1. The molecule has 2 nitrogen and oxygen atoms in total. The number of fused-ring (bicyclic) bond motifs is 7. The van der Waals surface area contributed by atoms with Gasteiger partial charge in [-0.2, -0.15) is 0 Å². The van der Waals surface area contributed by atoms with Crippen LogP contribution in [0, 0.1) is 0 Å². The van der Waals surface area contributed by atoms with E-state index in [1.54, 1.807) is 0 Å². The minimum absolute atomic E-state index is 0.912. The van der Waals surface area contributed by atoms with Crippen LogP contribution in [-0.4, -0.2) is 0 Å². The molecule has 0 fully saturated rings. The van der Waals surface area contributed by atoms with Gasteiger partial charge in [0.05, 0.1) is 16.1 Å². The van der Waals surface area contributed by atoms with Crippen LogP contribution in [0.3, 0.4) is 0 Å². The summed E-state index contributed by atoms with van der Waals surface area (Å²) in [6, 6.07) is 63.2. The van der Waals surface area contributed by atoms with Crippen LogP contribution in [0.1, 0.15) is 0 Å². The van der Waals surface area contributed by atoms with Crippen molar-refractivity contribution in [2.24, 2.45) is 0 Å². The van der Waals surface area contributed by atoms with E-state index in [0.717, 1.165) is 44.4 Å². The lowest BCUT2D eigenvalue weighted by atomic mass is 10.00. The minimum atomic E-state index is 0.912. The molecule has 0 amide bonds. The number of hydrogen-bond acceptors (Lipinski definition) is 3. The largest absolute Gasteiger partial charge is 0.455 e. The van der Waals surface area contributed by atoms with E-state index in [0.29, 0.717) is 0 Å². The molecule has 0 saturated carbocycles. The number of rotatable bonds is 5. The normalized spacial score (nSPS) is 11.7. The number of benzene rings is 8. The van der Waals surface area contributed by atoms with Crippen molar-refractivity contribution in [1.82, 2.24) is 0 Å². The van der Waals surface area contributed by atoms with Gasteiger partial charge in [-0.15, -0.1) is 11.3 Å². The molecule has 0 atom stereocenters. The topological polar surface area (TPSA) is 16.4 Å². The third kappa shape index (κ3) is 4.55. The average molecular weight is 644 g/mol. The summed E-state index contributed by atoms with van der Waals surface area (Å²) >= 11 is 1.87. The number of anilines is 3. The lowest BCUT2D eigenvalue weighted by Crippen LogP contribution is -2.11.